The van der Waals surface area contributed by atoms with Crippen molar-refractivity contribution in [3.63, 3.8) is 0 Å². The van der Waals surface area contributed by atoms with E-state index in [1.54, 1.807) is 0 Å². The monoisotopic (exact) mass is 985 g/mol. The Morgan fingerprint density at radius 1 is 0.613 bits per heavy atom. The van der Waals surface area contributed by atoms with Crippen LogP contribution in [0.3, 0.4) is 0 Å². The molecule has 1 aliphatic rings. The summed E-state index contributed by atoms with van der Waals surface area (Å²) in [6, 6.07) is 65.5. The van der Waals surface area contributed by atoms with E-state index in [0.717, 1.165) is 68.2 Å². The third-order valence-electron chi connectivity index (χ3n) is 11.8. The van der Waals surface area contributed by atoms with Crippen molar-refractivity contribution >= 4 is 22.5 Å². The molecule has 0 saturated heterocycles. The molecule has 7 aromatic carbocycles. The number of nitrogens with zero attached hydrogens (tertiary/aromatic N) is 4. The van der Waals surface area contributed by atoms with Gasteiger partial charge in [0.2, 0.25) is 0 Å². The molecule has 0 unspecified atom stereocenters. The van der Waals surface area contributed by atoms with Crippen molar-refractivity contribution in [2.75, 3.05) is 11.4 Å². The zero-order chi connectivity index (χ0) is 42.4. The first-order chi connectivity index (χ1) is 30.2. The topological polar surface area (TPSA) is 35.2 Å². The second-order valence-corrected chi connectivity index (χ2v) is 18.0. The van der Waals surface area contributed by atoms with Gasteiger partial charge < -0.3 is 0 Å². The van der Waals surface area contributed by atoms with E-state index in [1.165, 1.54) is 38.9 Å². The number of benzene rings is 7. The van der Waals surface area contributed by atoms with Gasteiger partial charge in [0, 0.05) is 6.20 Å². The summed E-state index contributed by atoms with van der Waals surface area (Å²) in [5.74, 6) is 2.17. The normalized spacial score (nSPS) is 12.7. The van der Waals surface area contributed by atoms with Gasteiger partial charge in [0.25, 0.3) is 0 Å². The molecule has 10 rings (SSSR count). The number of anilines is 2. The number of hydrogen-bond acceptors (Lipinski definition) is 3. The van der Waals surface area contributed by atoms with Crippen LogP contribution >= 0.6 is 0 Å². The van der Waals surface area contributed by atoms with Crippen molar-refractivity contribution in [1.82, 2.24) is 14.1 Å². The SMILES string of the molecule is Cc1ccnc(N2CCCc3c2[c-]c(Oc2[c-]c(-n4[c](=[Pt])n(-c5c(-c6ccccc6)cc(C(C)(C)C)cc5-c5ccccc5)c5ccccc54)ccc2)cc3-c2ccccc2)c1. The predicted octanol–water partition coefficient (Wildman–Crippen LogP) is 14.0. The average Bonchev–Trinajstić information content (AvgIpc) is 3.59. The maximum atomic E-state index is 6.84. The summed E-state index contributed by atoms with van der Waals surface area (Å²) in [6.07, 6.45) is 3.87. The maximum absolute atomic E-state index is 6.84. The van der Waals surface area contributed by atoms with Crippen LogP contribution < -0.4 is 9.64 Å². The van der Waals surface area contributed by atoms with Crippen molar-refractivity contribution in [3.05, 3.63) is 203 Å². The molecule has 5 nitrogen and oxygen atoms in total. The standard InChI is InChI=1S/C56H46N4O.Pt/c1-39-29-30-57-54(32-39)58-31-17-26-47-48(40-18-8-5-9-19-40)36-46(37-53(47)58)61-45-25-16-24-44(35-45)59-38-60(52-28-15-14-27-51(52)59)55-49(41-20-10-6-11-21-41)33-43(56(2,3)4)34-50(55)42-22-12-7-13-23-42;/h5-16,18-25,27-30,32-34,36H,17,26,31H2,1-4H3;/q-2;. The van der Waals surface area contributed by atoms with Gasteiger partial charge in [-0.1, -0.05) is 6.07 Å². The van der Waals surface area contributed by atoms with Gasteiger partial charge >= 0.3 is 346 Å². The Morgan fingerprint density at radius 2 is 1.21 bits per heavy atom. The molecule has 9 aromatic rings. The molecule has 6 heteroatoms. The second kappa shape index (κ2) is 16.4. The van der Waals surface area contributed by atoms with Gasteiger partial charge in [0.15, 0.2) is 0 Å². The van der Waals surface area contributed by atoms with E-state index in [4.69, 9.17) is 9.72 Å². The average molecular weight is 986 g/mol. The molecule has 0 amide bonds. The third kappa shape index (κ3) is 7.45. The summed E-state index contributed by atoms with van der Waals surface area (Å²) in [7, 11) is 0. The Labute approximate surface area is 375 Å². The third-order valence-corrected chi connectivity index (χ3v) is 12.8. The van der Waals surface area contributed by atoms with Crippen LogP contribution in [0.2, 0.25) is 0 Å². The van der Waals surface area contributed by atoms with E-state index in [9.17, 15) is 0 Å². The van der Waals surface area contributed by atoms with Gasteiger partial charge in [-0.15, -0.1) is 0 Å². The first-order valence-corrected chi connectivity index (χ1v) is 22.4. The fourth-order valence-corrected chi connectivity index (χ4v) is 9.77. The van der Waals surface area contributed by atoms with E-state index >= 15 is 0 Å². The van der Waals surface area contributed by atoms with E-state index in [1.807, 2.05) is 18.3 Å². The second-order valence-electron chi connectivity index (χ2n) is 17.0. The van der Waals surface area contributed by atoms with Crippen molar-refractivity contribution in [2.24, 2.45) is 0 Å². The molecule has 0 saturated carbocycles. The van der Waals surface area contributed by atoms with E-state index in [2.05, 4.69) is 225 Å². The van der Waals surface area contributed by atoms with Crippen LogP contribution in [0.25, 0.3) is 55.8 Å². The van der Waals surface area contributed by atoms with Crippen LogP contribution in [0.15, 0.2) is 170 Å². The Morgan fingerprint density at radius 3 is 1.82 bits per heavy atom. The molecular formula is C56H46N4OPt-2. The van der Waals surface area contributed by atoms with Gasteiger partial charge in [-0.25, -0.2) is 0 Å². The van der Waals surface area contributed by atoms with Crippen molar-refractivity contribution in [2.45, 2.75) is 46.0 Å². The molecule has 0 N–H and O–H groups in total. The summed E-state index contributed by atoms with van der Waals surface area (Å²) in [6.45, 7) is 9.85. The predicted molar refractivity (Wildman–Crippen MR) is 249 cm³/mol. The quantitative estimate of drug-likeness (QED) is 0.142. The molecule has 2 aromatic heterocycles. The summed E-state index contributed by atoms with van der Waals surface area (Å²) >= 11 is 2.50. The zero-order valence-electron chi connectivity index (χ0n) is 35.3. The first kappa shape index (κ1) is 39.6. The van der Waals surface area contributed by atoms with Gasteiger partial charge in [0.1, 0.15) is 0 Å². The Bertz CT molecular complexity index is 3080. The number of para-hydroxylation sites is 2. The number of pyridine rings is 1. The summed E-state index contributed by atoms with van der Waals surface area (Å²) in [5, 5.41) is 0. The number of ether oxygens (including phenoxy) is 1. The van der Waals surface area contributed by atoms with Crippen LogP contribution in [0.5, 0.6) is 11.5 Å². The van der Waals surface area contributed by atoms with Crippen LogP contribution in [-0.4, -0.2) is 20.7 Å². The molecule has 62 heavy (non-hydrogen) atoms. The molecule has 308 valence electrons. The van der Waals surface area contributed by atoms with Gasteiger partial charge in [-0.05, 0) is 18.6 Å². The molecular weight excluding hydrogens is 940 g/mol. The van der Waals surface area contributed by atoms with Crippen LogP contribution in [0, 0.1) is 22.9 Å². The number of hydrogen-bond donors (Lipinski definition) is 0. The fraction of sp³-hybridized carbons (Fsp3) is 0.143. The van der Waals surface area contributed by atoms with Crippen LogP contribution in [0.4, 0.5) is 11.5 Å². The molecule has 0 spiro atoms. The Balaban J connectivity index is 1.14. The molecule has 0 radical (unpaired) electrons. The van der Waals surface area contributed by atoms with Crippen molar-refractivity contribution in [1.29, 1.82) is 0 Å². The molecule has 3 heterocycles. The van der Waals surface area contributed by atoms with Crippen LogP contribution in [-0.2, 0) is 31.2 Å². The molecule has 0 fully saturated rings. The van der Waals surface area contributed by atoms with E-state index in [-0.39, 0.29) is 5.41 Å². The van der Waals surface area contributed by atoms with Crippen LogP contribution in [0.1, 0.15) is 43.9 Å². The number of aryl methyl sites for hydroxylation is 1. The number of imidazole rings is 1. The molecule has 0 atom stereocenters. The van der Waals surface area contributed by atoms with E-state index < -0.39 is 0 Å². The minimum atomic E-state index is -0.0694. The van der Waals surface area contributed by atoms with E-state index in [0.29, 0.717) is 11.5 Å². The fourth-order valence-electron chi connectivity index (χ4n) is 8.69. The van der Waals surface area contributed by atoms with Crippen molar-refractivity contribution in [3.8, 4) is 56.3 Å². The number of aromatic nitrogens is 3. The minimum absolute atomic E-state index is 0.0694. The van der Waals surface area contributed by atoms with Gasteiger partial charge in [-0.2, -0.15) is 0 Å². The summed E-state index contributed by atoms with van der Waals surface area (Å²) in [4.78, 5) is 7.09. The molecule has 0 bridgehead atoms. The van der Waals surface area contributed by atoms with Crippen molar-refractivity contribution < 1.29 is 24.1 Å². The Kier molecular flexibility index (Phi) is 10.5. The van der Waals surface area contributed by atoms with Gasteiger partial charge in [0.05, 0.1) is 0 Å². The Hall–Kier alpha value is -6.55. The number of rotatable bonds is 8. The summed E-state index contributed by atoms with van der Waals surface area (Å²) < 4.78 is 12.6. The molecule has 1 aliphatic heterocycles. The van der Waals surface area contributed by atoms with Gasteiger partial charge in [-0.3, -0.25) is 0 Å². The first-order valence-electron chi connectivity index (χ1n) is 21.2. The zero-order valence-corrected chi connectivity index (χ0v) is 37.6. The molecule has 0 aliphatic carbocycles. The summed E-state index contributed by atoms with van der Waals surface area (Å²) in [5.41, 5.74) is 15.8. The number of fused-ring (bicyclic) bond motifs is 2.